The van der Waals surface area contributed by atoms with Crippen molar-refractivity contribution in [3.63, 3.8) is 0 Å². The standard InChI is InChI=1S/C27H25N5O4S/c1-17-5-11-21-24(15-17)36-26(29-21)18-6-9-20(10-7-18)28-27(37)30-25(33)19-8-12-22(23(16-19)32(34)35)31-13-3-2-4-14-31/h5-12,15-16H,2-4,13-14H2,1H3,(H2,28,30,33,37). The van der Waals surface area contributed by atoms with E-state index >= 15 is 0 Å². The molecule has 9 nitrogen and oxygen atoms in total. The van der Waals surface area contributed by atoms with Crippen LogP contribution in [-0.2, 0) is 0 Å². The average molecular weight is 516 g/mol. The number of benzene rings is 3. The average Bonchev–Trinajstić information content (AvgIpc) is 3.32. The number of carbonyl (C=O) groups excluding carboxylic acids is 1. The number of aryl methyl sites for hydroxylation is 1. The molecule has 188 valence electrons. The third kappa shape index (κ3) is 5.44. The van der Waals surface area contributed by atoms with Crippen molar-refractivity contribution in [2.24, 2.45) is 0 Å². The van der Waals surface area contributed by atoms with Crippen molar-refractivity contribution < 1.29 is 14.1 Å². The minimum absolute atomic E-state index is 0.0813. The Hall–Kier alpha value is -4.31. The van der Waals surface area contributed by atoms with E-state index in [2.05, 4.69) is 15.6 Å². The van der Waals surface area contributed by atoms with E-state index in [1.165, 1.54) is 6.07 Å². The van der Waals surface area contributed by atoms with E-state index in [9.17, 15) is 14.9 Å². The molecule has 37 heavy (non-hydrogen) atoms. The van der Waals surface area contributed by atoms with Gasteiger partial charge in [0.15, 0.2) is 10.7 Å². The molecule has 0 aliphatic carbocycles. The first-order valence-corrected chi connectivity index (χ1v) is 12.4. The summed E-state index contributed by atoms with van der Waals surface area (Å²) in [4.78, 5) is 30.5. The summed E-state index contributed by atoms with van der Waals surface area (Å²) in [5, 5.41) is 17.3. The smallest absolute Gasteiger partial charge is 0.293 e. The maximum atomic E-state index is 12.8. The normalized spacial score (nSPS) is 13.4. The Bertz CT molecular complexity index is 1490. The Morgan fingerprint density at radius 1 is 1.05 bits per heavy atom. The summed E-state index contributed by atoms with van der Waals surface area (Å²) < 4.78 is 5.87. The van der Waals surface area contributed by atoms with Gasteiger partial charge in [0, 0.05) is 36.0 Å². The Morgan fingerprint density at radius 3 is 2.54 bits per heavy atom. The van der Waals surface area contributed by atoms with E-state index in [4.69, 9.17) is 16.6 Å². The van der Waals surface area contributed by atoms with Crippen LogP contribution in [-0.4, -0.2) is 34.0 Å². The molecule has 0 radical (unpaired) electrons. The largest absolute Gasteiger partial charge is 0.436 e. The Labute approximate surface area is 218 Å². The van der Waals surface area contributed by atoms with Crippen LogP contribution in [0.2, 0.25) is 0 Å². The van der Waals surface area contributed by atoms with Crippen molar-refractivity contribution in [2.75, 3.05) is 23.3 Å². The lowest BCUT2D eigenvalue weighted by Gasteiger charge is -2.28. The van der Waals surface area contributed by atoms with E-state index in [1.54, 1.807) is 24.3 Å². The first-order valence-electron chi connectivity index (χ1n) is 12.0. The van der Waals surface area contributed by atoms with Crippen molar-refractivity contribution in [1.82, 2.24) is 10.3 Å². The molecule has 5 rings (SSSR count). The minimum Gasteiger partial charge on any atom is -0.436 e. The Balaban J connectivity index is 1.24. The minimum atomic E-state index is -0.524. The monoisotopic (exact) mass is 515 g/mol. The van der Waals surface area contributed by atoms with Crippen LogP contribution < -0.4 is 15.5 Å². The molecule has 3 aromatic carbocycles. The highest BCUT2D eigenvalue weighted by molar-refractivity contribution is 7.80. The van der Waals surface area contributed by atoms with Gasteiger partial charge >= 0.3 is 0 Å². The van der Waals surface area contributed by atoms with Crippen molar-refractivity contribution in [2.45, 2.75) is 26.2 Å². The van der Waals surface area contributed by atoms with E-state index in [-0.39, 0.29) is 16.4 Å². The van der Waals surface area contributed by atoms with Gasteiger partial charge in [0.2, 0.25) is 5.89 Å². The number of thiocarbonyl (C=S) groups is 1. The SMILES string of the molecule is Cc1ccc2nc(-c3ccc(NC(=S)NC(=O)c4ccc(N5CCCCC5)c([N+](=O)[O-])c4)cc3)oc2c1. The van der Waals surface area contributed by atoms with Crippen molar-refractivity contribution in [3.05, 3.63) is 81.9 Å². The maximum Gasteiger partial charge on any atom is 0.293 e. The number of piperidine rings is 1. The van der Waals surface area contributed by atoms with Crippen LogP contribution >= 0.6 is 12.2 Å². The van der Waals surface area contributed by atoms with Crippen LogP contribution in [0.25, 0.3) is 22.6 Å². The van der Waals surface area contributed by atoms with Crippen molar-refractivity contribution >= 4 is 51.4 Å². The third-order valence-corrected chi connectivity index (χ3v) is 6.50. The summed E-state index contributed by atoms with van der Waals surface area (Å²) in [6.07, 6.45) is 3.11. The van der Waals surface area contributed by atoms with E-state index < -0.39 is 10.8 Å². The highest BCUT2D eigenvalue weighted by atomic mass is 32.1. The molecule has 0 spiro atoms. The molecule has 10 heteroatoms. The number of hydrogen-bond donors (Lipinski definition) is 2. The van der Waals surface area contributed by atoms with Crippen LogP contribution in [0.3, 0.4) is 0 Å². The number of rotatable bonds is 5. The van der Waals surface area contributed by atoms with Crippen LogP contribution in [0.15, 0.2) is 65.1 Å². The molecule has 0 bridgehead atoms. The molecule has 2 heterocycles. The lowest BCUT2D eigenvalue weighted by Crippen LogP contribution is -2.34. The first-order chi connectivity index (χ1) is 17.9. The molecule has 1 aliphatic heterocycles. The molecular weight excluding hydrogens is 490 g/mol. The molecule has 1 aromatic heterocycles. The molecule has 1 amide bonds. The molecule has 0 unspecified atom stereocenters. The van der Waals surface area contributed by atoms with E-state index in [1.807, 2.05) is 42.2 Å². The summed E-state index contributed by atoms with van der Waals surface area (Å²) in [5.41, 5.74) is 4.69. The Morgan fingerprint density at radius 2 is 1.81 bits per heavy atom. The predicted octanol–water partition coefficient (Wildman–Crippen LogP) is 5.83. The Kier molecular flexibility index (Phi) is 6.82. The number of carbonyl (C=O) groups is 1. The second-order valence-electron chi connectivity index (χ2n) is 8.98. The summed E-state index contributed by atoms with van der Waals surface area (Å²) in [5.74, 6) is -0.0122. The number of anilines is 2. The molecule has 0 saturated carbocycles. The fraction of sp³-hybridized carbons (Fsp3) is 0.222. The summed E-state index contributed by atoms with van der Waals surface area (Å²) in [6, 6.07) is 17.7. The number of aromatic nitrogens is 1. The second-order valence-corrected chi connectivity index (χ2v) is 9.39. The number of nitrogens with zero attached hydrogens (tertiary/aromatic N) is 3. The van der Waals surface area contributed by atoms with Gasteiger partial charge in [0.25, 0.3) is 11.6 Å². The molecular formula is C27H25N5O4S. The number of amides is 1. The number of hydrogen-bond acceptors (Lipinski definition) is 7. The summed E-state index contributed by atoms with van der Waals surface area (Å²) in [6.45, 7) is 3.53. The van der Waals surface area contributed by atoms with Gasteiger partial charge in [0.05, 0.1) is 4.92 Å². The molecule has 1 saturated heterocycles. The van der Waals surface area contributed by atoms with Crippen LogP contribution in [0.5, 0.6) is 0 Å². The van der Waals surface area contributed by atoms with Gasteiger partial charge < -0.3 is 14.6 Å². The fourth-order valence-corrected chi connectivity index (χ4v) is 4.61. The zero-order valence-electron chi connectivity index (χ0n) is 20.2. The number of oxazole rings is 1. The maximum absolute atomic E-state index is 12.8. The molecule has 2 N–H and O–H groups in total. The van der Waals surface area contributed by atoms with Crippen LogP contribution in [0.4, 0.5) is 17.1 Å². The zero-order chi connectivity index (χ0) is 25.9. The van der Waals surface area contributed by atoms with Gasteiger partial charge in [-0.2, -0.15) is 0 Å². The number of nitro groups is 1. The quantitative estimate of drug-likeness (QED) is 0.194. The number of fused-ring (bicyclic) bond motifs is 1. The molecule has 4 aromatic rings. The van der Waals surface area contributed by atoms with Gasteiger partial charge in [-0.25, -0.2) is 4.98 Å². The topological polar surface area (TPSA) is 114 Å². The fourth-order valence-electron chi connectivity index (χ4n) is 4.40. The van der Waals surface area contributed by atoms with Gasteiger partial charge in [-0.05, 0) is 92.5 Å². The predicted molar refractivity (Wildman–Crippen MR) is 147 cm³/mol. The first kappa shape index (κ1) is 24.4. The third-order valence-electron chi connectivity index (χ3n) is 6.29. The molecule has 0 atom stereocenters. The van der Waals surface area contributed by atoms with Gasteiger partial charge in [0.1, 0.15) is 11.2 Å². The lowest BCUT2D eigenvalue weighted by molar-refractivity contribution is -0.384. The zero-order valence-corrected chi connectivity index (χ0v) is 21.0. The van der Waals surface area contributed by atoms with E-state index in [0.717, 1.165) is 54.6 Å². The highest BCUT2D eigenvalue weighted by Gasteiger charge is 2.23. The van der Waals surface area contributed by atoms with E-state index in [0.29, 0.717) is 17.3 Å². The molecule has 1 aliphatic rings. The van der Waals surface area contributed by atoms with Gasteiger partial charge in [-0.3, -0.25) is 20.2 Å². The number of nitro benzene ring substituents is 1. The lowest BCUT2D eigenvalue weighted by atomic mass is 10.1. The van der Waals surface area contributed by atoms with Crippen molar-refractivity contribution in [3.8, 4) is 11.5 Å². The van der Waals surface area contributed by atoms with Gasteiger partial charge in [-0.1, -0.05) is 6.07 Å². The number of nitrogens with one attached hydrogen (secondary N) is 2. The second kappa shape index (κ2) is 10.4. The van der Waals surface area contributed by atoms with Crippen molar-refractivity contribution in [1.29, 1.82) is 0 Å². The highest BCUT2D eigenvalue weighted by Crippen LogP contribution is 2.31. The summed E-state index contributed by atoms with van der Waals surface area (Å²) in [7, 11) is 0. The van der Waals surface area contributed by atoms with Gasteiger partial charge in [-0.15, -0.1) is 0 Å². The van der Waals surface area contributed by atoms with Crippen LogP contribution in [0.1, 0.15) is 35.2 Å². The molecule has 1 fully saturated rings. The summed E-state index contributed by atoms with van der Waals surface area (Å²) >= 11 is 5.29. The van der Waals surface area contributed by atoms with Crippen LogP contribution in [0, 0.1) is 17.0 Å².